The Bertz CT molecular complexity index is 1570. The molecule has 0 spiro atoms. The zero-order valence-electron chi connectivity index (χ0n) is 37.0. The van der Waals surface area contributed by atoms with Gasteiger partial charge < -0.3 is 110 Å². The van der Waals surface area contributed by atoms with E-state index < -0.39 is 170 Å². The monoisotopic (exact) mass is 927 g/mol. The molecule has 4 rings (SSSR count). The van der Waals surface area contributed by atoms with Gasteiger partial charge in [0.25, 0.3) is 5.91 Å². The number of ether oxygens (including phenoxy) is 8. The molecule has 0 aromatic rings. The van der Waals surface area contributed by atoms with Gasteiger partial charge in [-0.15, -0.1) is 0 Å². The number of carbonyl (C=O) groups is 4. The minimum Gasteiger partial charge on any atom is -0.547 e. The number of hydrogen-bond donors (Lipinski definition) is 12. The summed E-state index contributed by atoms with van der Waals surface area (Å²) < 4.78 is 46.9. The molecule has 4 aliphatic rings. The largest absolute Gasteiger partial charge is 0.547 e. The van der Waals surface area contributed by atoms with Gasteiger partial charge >= 0.3 is 0 Å². The van der Waals surface area contributed by atoms with E-state index in [9.17, 15) is 65.1 Å². The lowest BCUT2D eigenvalue weighted by Crippen LogP contribution is -2.71. The minimum absolute atomic E-state index is 0.101. The molecule has 0 aromatic carbocycles. The number of carbonyl (C=O) groups excluding carboxylic acids is 4. The van der Waals surface area contributed by atoms with Gasteiger partial charge in [0.05, 0.1) is 36.9 Å². The fourth-order valence-electron chi connectivity index (χ4n) is 8.01. The normalized spacial score (nSPS) is 40.9. The molecule has 4 aliphatic heterocycles. The average Bonchev–Trinajstić information content (AvgIpc) is 3.19. The van der Waals surface area contributed by atoms with Crippen LogP contribution in [0, 0.1) is 5.41 Å². The highest BCUT2D eigenvalue weighted by Crippen LogP contribution is 2.38. The van der Waals surface area contributed by atoms with Crippen LogP contribution in [0.1, 0.15) is 61.8 Å². The molecular formula is C39H67N4O21-. The number of hydrogen-bond acceptors (Lipinski definition) is 22. The molecule has 20 atom stereocenters. The van der Waals surface area contributed by atoms with Gasteiger partial charge in [-0.05, 0) is 39.2 Å². The number of amides is 3. The van der Waals surface area contributed by atoms with Crippen LogP contribution in [0.5, 0.6) is 0 Å². The Hall–Kier alpha value is -2.80. The number of aliphatic hydroxyl groups excluding tert-OH is 8. The molecule has 25 heteroatoms. The van der Waals surface area contributed by atoms with E-state index in [1.165, 1.54) is 6.92 Å². The van der Waals surface area contributed by atoms with Crippen molar-refractivity contribution in [1.82, 2.24) is 16.0 Å². The molecule has 4 heterocycles. The highest BCUT2D eigenvalue weighted by molar-refractivity contribution is 5.81. The van der Waals surface area contributed by atoms with Crippen LogP contribution in [-0.4, -0.2) is 219 Å². The SMILES string of the molecule is CC(=O)NC1C(OC2C(C(=O)[O-])OC(OC3C(O)C(CO)OC(C(C)(C)C)C3NC(C)=O)C(O)C2O)OC(CO)C(O)C1OC1OC(C(=O)NCCCN)C(OC(C)(C)C)C(O)C1O. The standard InChI is InChI=1S/C39H68N4O21/c1-14(46)42-18-26(20(48)16(12-44)57-32(18)38(3,4)5)59-37-24(52)22(50)28(31(63-37)34(55)56)61-35-19(43-15(2)47)27(21(49)17(13-45)58-35)60-36-25(53)23(51)29(64-39(6,7)8)30(62-36)33(54)41-11-9-10-40/h16-32,35-37,44-45,48-53H,9-13,40H2,1-8H3,(H,41,54)(H,42,46)(H,43,47)(H,55,56)/p-1. The van der Waals surface area contributed by atoms with Crippen LogP contribution in [0.4, 0.5) is 0 Å². The van der Waals surface area contributed by atoms with Crippen LogP contribution in [0.15, 0.2) is 0 Å². The minimum atomic E-state index is -2.34. The Morgan fingerprint density at radius 3 is 1.56 bits per heavy atom. The molecule has 25 nitrogen and oxygen atoms in total. The van der Waals surface area contributed by atoms with Crippen molar-refractivity contribution in [1.29, 1.82) is 0 Å². The highest BCUT2D eigenvalue weighted by Gasteiger charge is 2.58. The van der Waals surface area contributed by atoms with Crippen molar-refractivity contribution >= 4 is 23.7 Å². The topological polar surface area (TPSA) is 389 Å². The first-order valence-electron chi connectivity index (χ1n) is 21.0. The van der Waals surface area contributed by atoms with Gasteiger partial charge in [0.15, 0.2) is 25.0 Å². The molecule has 64 heavy (non-hydrogen) atoms. The first-order chi connectivity index (χ1) is 29.8. The van der Waals surface area contributed by atoms with Crippen molar-refractivity contribution in [3.05, 3.63) is 0 Å². The second kappa shape index (κ2) is 22.3. The summed E-state index contributed by atoms with van der Waals surface area (Å²) in [6.07, 6.45) is -32.5. The number of nitrogens with two attached hydrogens (primary N) is 1. The van der Waals surface area contributed by atoms with E-state index in [1.54, 1.807) is 41.5 Å². The molecule has 0 bridgehead atoms. The van der Waals surface area contributed by atoms with Crippen LogP contribution in [0.2, 0.25) is 0 Å². The first-order valence-corrected chi connectivity index (χ1v) is 21.0. The smallest absolute Gasteiger partial charge is 0.252 e. The van der Waals surface area contributed by atoms with Crippen LogP contribution >= 0.6 is 0 Å². The first kappa shape index (κ1) is 53.8. The van der Waals surface area contributed by atoms with E-state index in [1.807, 2.05) is 0 Å². The summed E-state index contributed by atoms with van der Waals surface area (Å²) in [5.74, 6) is -4.24. The third kappa shape index (κ3) is 12.8. The predicted octanol–water partition coefficient (Wildman–Crippen LogP) is -7.31. The lowest BCUT2D eigenvalue weighted by Gasteiger charge is -2.52. The number of rotatable bonds is 16. The summed E-state index contributed by atoms with van der Waals surface area (Å²) in [4.78, 5) is 51.1. The predicted molar refractivity (Wildman–Crippen MR) is 210 cm³/mol. The Morgan fingerprint density at radius 1 is 0.625 bits per heavy atom. The second-order valence-electron chi connectivity index (χ2n) is 18.4. The third-order valence-corrected chi connectivity index (χ3v) is 11.0. The van der Waals surface area contributed by atoms with E-state index in [-0.39, 0.29) is 13.1 Å². The Balaban J connectivity index is 1.66. The molecule has 3 amide bonds. The lowest BCUT2D eigenvalue weighted by molar-refractivity contribution is -0.383. The molecular weight excluding hydrogens is 860 g/mol. The van der Waals surface area contributed by atoms with Gasteiger partial charge in [-0.25, -0.2) is 0 Å². The maximum absolute atomic E-state index is 13.4. The van der Waals surface area contributed by atoms with E-state index in [0.717, 1.165) is 6.92 Å². The summed E-state index contributed by atoms with van der Waals surface area (Å²) in [5.41, 5.74) is 3.82. The maximum Gasteiger partial charge on any atom is 0.252 e. The number of carboxylic acid groups (broad SMARTS) is 1. The van der Waals surface area contributed by atoms with Crippen molar-refractivity contribution in [2.45, 2.75) is 190 Å². The third-order valence-electron chi connectivity index (χ3n) is 11.0. The maximum atomic E-state index is 13.4. The van der Waals surface area contributed by atoms with Gasteiger partial charge in [0.1, 0.15) is 85.4 Å². The van der Waals surface area contributed by atoms with Crippen molar-refractivity contribution in [3.8, 4) is 0 Å². The van der Waals surface area contributed by atoms with Crippen molar-refractivity contribution in [3.63, 3.8) is 0 Å². The van der Waals surface area contributed by atoms with E-state index in [2.05, 4.69) is 16.0 Å². The molecule has 0 aliphatic carbocycles. The second-order valence-corrected chi connectivity index (χ2v) is 18.4. The van der Waals surface area contributed by atoms with Gasteiger partial charge in [-0.3, -0.25) is 14.4 Å². The summed E-state index contributed by atoms with van der Waals surface area (Å²) in [7, 11) is 0. The summed E-state index contributed by atoms with van der Waals surface area (Å²) in [6, 6.07) is -2.93. The number of aliphatic carboxylic acids is 1. The van der Waals surface area contributed by atoms with Gasteiger partial charge in [0, 0.05) is 20.4 Å². The Kier molecular flexibility index (Phi) is 18.8. The summed E-state index contributed by atoms with van der Waals surface area (Å²) in [6.45, 7) is 11.0. The molecule has 0 aromatic heterocycles. The van der Waals surface area contributed by atoms with E-state index in [0.29, 0.717) is 6.42 Å². The van der Waals surface area contributed by atoms with E-state index >= 15 is 0 Å². The van der Waals surface area contributed by atoms with Crippen LogP contribution in [0.25, 0.3) is 0 Å². The van der Waals surface area contributed by atoms with Gasteiger partial charge in [-0.1, -0.05) is 20.8 Å². The van der Waals surface area contributed by atoms with Crippen molar-refractivity contribution in [2.75, 3.05) is 26.3 Å². The number of carboxylic acids is 1. The fourth-order valence-corrected chi connectivity index (χ4v) is 8.01. The highest BCUT2D eigenvalue weighted by atomic mass is 16.8. The van der Waals surface area contributed by atoms with Crippen LogP contribution in [-0.2, 0) is 57.1 Å². The number of aliphatic hydroxyl groups is 8. The zero-order valence-corrected chi connectivity index (χ0v) is 37.0. The molecule has 13 N–H and O–H groups in total. The van der Waals surface area contributed by atoms with Gasteiger partial charge in [-0.2, -0.15) is 0 Å². The molecule has 370 valence electrons. The molecule has 0 saturated carbocycles. The van der Waals surface area contributed by atoms with Crippen molar-refractivity contribution in [2.24, 2.45) is 11.1 Å². The summed E-state index contributed by atoms with van der Waals surface area (Å²) >= 11 is 0. The zero-order chi connectivity index (χ0) is 48.2. The average molecular weight is 928 g/mol. The van der Waals surface area contributed by atoms with Crippen LogP contribution in [0.3, 0.4) is 0 Å². The van der Waals surface area contributed by atoms with Gasteiger partial charge in [0.2, 0.25) is 11.8 Å². The molecule has 20 unspecified atom stereocenters. The van der Waals surface area contributed by atoms with Crippen LogP contribution < -0.4 is 26.8 Å². The molecule has 0 radical (unpaired) electrons. The Labute approximate surface area is 369 Å². The van der Waals surface area contributed by atoms with E-state index in [4.69, 9.17) is 43.6 Å². The quantitative estimate of drug-likeness (QED) is 0.0640. The summed E-state index contributed by atoms with van der Waals surface area (Å²) in [5, 5.41) is 109. The molecule has 4 fully saturated rings. The van der Waals surface area contributed by atoms with Crippen molar-refractivity contribution < 1.29 is 103 Å². The lowest BCUT2D eigenvalue weighted by atomic mass is 9.78. The fraction of sp³-hybridized carbons (Fsp3) is 0.897. The Morgan fingerprint density at radius 2 is 1.09 bits per heavy atom. The molecule has 4 saturated heterocycles. The number of nitrogens with one attached hydrogen (secondary N) is 3.